The van der Waals surface area contributed by atoms with E-state index in [-0.39, 0.29) is 22.8 Å². The van der Waals surface area contributed by atoms with E-state index >= 15 is 0 Å². The number of hydrogen-bond donors (Lipinski definition) is 1. The minimum absolute atomic E-state index is 0.0217. The van der Waals surface area contributed by atoms with Gasteiger partial charge in [0.25, 0.3) is 5.91 Å². The van der Waals surface area contributed by atoms with Crippen LogP contribution in [0.3, 0.4) is 0 Å². The van der Waals surface area contributed by atoms with Crippen LogP contribution in [0.4, 0.5) is 11.4 Å². The molecule has 31 heavy (non-hydrogen) atoms. The fourth-order valence-electron chi connectivity index (χ4n) is 4.25. The number of sulfonamides is 1. The number of nitrogens with one attached hydrogen (secondary N) is 1. The molecule has 2 aliphatic heterocycles. The molecule has 164 valence electrons. The van der Waals surface area contributed by atoms with E-state index in [2.05, 4.69) is 5.32 Å². The van der Waals surface area contributed by atoms with Crippen LogP contribution in [0.25, 0.3) is 0 Å². The predicted octanol–water partition coefficient (Wildman–Crippen LogP) is 3.63. The first-order valence-electron chi connectivity index (χ1n) is 10.7. The fourth-order valence-corrected chi connectivity index (χ4v) is 5.95. The van der Waals surface area contributed by atoms with E-state index in [4.69, 9.17) is 0 Å². The molecule has 8 heteroatoms. The van der Waals surface area contributed by atoms with E-state index in [1.165, 1.54) is 24.3 Å². The van der Waals surface area contributed by atoms with E-state index in [0.29, 0.717) is 36.4 Å². The molecule has 2 saturated heterocycles. The molecular weight excluding hydrogens is 414 g/mol. The molecule has 0 bridgehead atoms. The first-order valence-corrected chi connectivity index (χ1v) is 12.1. The second kappa shape index (κ2) is 8.80. The van der Waals surface area contributed by atoms with Crippen LogP contribution in [0, 0.1) is 0 Å². The molecule has 7 nitrogen and oxygen atoms in total. The molecule has 2 amide bonds. The van der Waals surface area contributed by atoms with Gasteiger partial charge in [0.05, 0.1) is 16.3 Å². The number of rotatable bonds is 5. The van der Waals surface area contributed by atoms with E-state index in [1.54, 1.807) is 21.3 Å². The van der Waals surface area contributed by atoms with Crippen molar-refractivity contribution in [1.82, 2.24) is 4.31 Å². The van der Waals surface area contributed by atoms with Crippen molar-refractivity contribution < 1.29 is 18.0 Å². The zero-order valence-electron chi connectivity index (χ0n) is 17.6. The molecule has 2 aliphatic rings. The summed E-state index contributed by atoms with van der Waals surface area (Å²) in [6.07, 6.45) is 4.07. The average molecular weight is 442 g/mol. The zero-order chi connectivity index (χ0) is 22.0. The Morgan fingerprint density at radius 2 is 1.74 bits per heavy atom. The number of benzene rings is 2. The standard InChI is InChI=1S/C23H27N3O4S/c1-17-7-4-5-16-26(17)31(29,30)19-13-11-18(12-14-19)23(28)24-20-8-2-3-9-21(20)25-15-6-10-22(25)27/h2-3,8-9,11-14,17H,4-7,10,15-16H2,1H3,(H,24,28). The molecule has 1 unspecified atom stereocenters. The first kappa shape index (κ1) is 21.5. The van der Waals surface area contributed by atoms with E-state index in [1.807, 2.05) is 19.1 Å². The van der Waals surface area contributed by atoms with Gasteiger partial charge in [-0.15, -0.1) is 0 Å². The topological polar surface area (TPSA) is 86.8 Å². The zero-order valence-corrected chi connectivity index (χ0v) is 18.4. The summed E-state index contributed by atoms with van der Waals surface area (Å²) in [7, 11) is -3.58. The quantitative estimate of drug-likeness (QED) is 0.768. The number of piperidine rings is 1. The molecule has 0 radical (unpaired) electrons. The van der Waals surface area contributed by atoms with Gasteiger partial charge in [-0.25, -0.2) is 8.42 Å². The molecule has 2 aromatic carbocycles. The summed E-state index contributed by atoms with van der Waals surface area (Å²) in [6.45, 7) is 3.09. The van der Waals surface area contributed by atoms with Crippen molar-refractivity contribution in [2.75, 3.05) is 23.3 Å². The van der Waals surface area contributed by atoms with Crippen LogP contribution in [0.15, 0.2) is 53.4 Å². The lowest BCUT2D eigenvalue weighted by Crippen LogP contribution is -2.41. The Morgan fingerprint density at radius 3 is 2.42 bits per heavy atom. The van der Waals surface area contributed by atoms with Crippen LogP contribution in [0.1, 0.15) is 49.4 Å². The van der Waals surface area contributed by atoms with Crippen molar-refractivity contribution in [2.45, 2.75) is 50.0 Å². The minimum atomic E-state index is -3.58. The van der Waals surface area contributed by atoms with Crippen LogP contribution in [0.5, 0.6) is 0 Å². The van der Waals surface area contributed by atoms with Crippen molar-refractivity contribution in [2.24, 2.45) is 0 Å². The summed E-state index contributed by atoms with van der Waals surface area (Å²) >= 11 is 0. The van der Waals surface area contributed by atoms with Crippen molar-refractivity contribution in [3.63, 3.8) is 0 Å². The second-order valence-electron chi connectivity index (χ2n) is 8.11. The van der Waals surface area contributed by atoms with Crippen molar-refractivity contribution >= 4 is 33.2 Å². The van der Waals surface area contributed by atoms with Crippen LogP contribution < -0.4 is 10.2 Å². The van der Waals surface area contributed by atoms with Gasteiger partial charge in [0.15, 0.2) is 0 Å². The fraction of sp³-hybridized carbons (Fsp3) is 0.391. The van der Waals surface area contributed by atoms with Gasteiger partial charge in [-0.3, -0.25) is 9.59 Å². The highest BCUT2D eigenvalue weighted by Crippen LogP contribution is 2.30. The molecule has 2 fully saturated rings. The summed E-state index contributed by atoms with van der Waals surface area (Å²) in [6, 6.07) is 13.2. The highest BCUT2D eigenvalue weighted by molar-refractivity contribution is 7.89. The monoisotopic (exact) mass is 441 g/mol. The Balaban J connectivity index is 1.52. The van der Waals surface area contributed by atoms with Gasteiger partial charge in [0.2, 0.25) is 15.9 Å². The summed E-state index contributed by atoms with van der Waals surface area (Å²) in [4.78, 5) is 26.8. The molecule has 1 N–H and O–H groups in total. The lowest BCUT2D eigenvalue weighted by molar-refractivity contribution is -0.117. The number of carbonyl (C=O) groups is 2. The molecule has 2 heterocycles. The SMILES string of the molecule is CC1CCCCN1S(=O)(=O)c1ccc(C(=O)Nc2ccccc2N2CCCC2=O)cc1. The largest absolute Gasteiger partial charge is 0.320 e. The molecule has 2 aromatic rings. The van der Waals surface area contributed by atoms with Gasteiger partial charge in [-0.05, 0) is 62.6 Å². The molecule has 4 rings (SSSR count). The molecule has 0 aromatic heterocycles. The number of para-hydroxylation sites is 2. The van der Waals surface area contributed by atoms with Crippen LogP contribution in [0.2, 0.25) is 0 Å². The lowest BCUT2D eigenvalue weighted by atomic mass is 10.1. The molecule has 0 aliphatic carbocycles. The molecule has 0 saturated carbocycles. The third-order valence-corrected chi connectivity index (χ3v) is 8.01. The number of hydrogen-bond acceptors (Lipinski definition) is 4. The molecular formula is C23H27N3O4S. The lowest BCUT2D eigenvalue weighted by Gasteiger charge is -2.32. The van der Waals surface area contributed by atoms with E-state index in [9.17, 15) is 18.0 Å². The van der Waals surface area contributed by atoms with Gasteiger partial charge < -0.3 is 10.2 Å². The Bertz CT molecular complexity index is 1080. The molecule has 1 atom stereocenters. The Labute approximate surface area is 183 Å². The van der Waals surface area contributed by atoms with Crippen molar-refractivity contribution in [3.8, 4) is 0 Å². The smallest absolute Gasteiger partial charge is 0.255 e. The van der Waals surface area contributed by atoms with Gasteiger partial charge in [0.1, 0.15) is 0 Å². The van der Waals surface area contributed by atoms with Gasteiger partial charge in [-0.2, -0.15) is 4.31 Å². The van der Waals surface area contributed by atoms with Crippen LogP contribution >= 0.6 is 0 Å². The number of nitrogens with zero attached hydrogens (tertiary/aromatic N) is 2. The van der Waals surface area contributed by atoms with E-state index < -0.39 is 10.0 Å². The number of anilines is 2. The van der Waals surface area contributed by atoms with E-state index in [0.717, 1.165) is 25.7 Å². The summed E-state index contributed by atoms with van der Waals surface area (Å²) < 4.78 is 27.5. The highest BCUT2D eigenvalue weighted by Gasteiger charge is 2.31. The van der Waals surface area contributed by atoms with Crippen LogP contribution in [-0.2, 0) is 14.8 Å². The van der Waals surface area contributed by atoms with Crippen LogP contribution in [-0.4, -0.2) is 43.7 Å². The summed E-state index contributed by atoms with van der Waals surface area (Å²) in [5, 5.41) is 2.86. The number of amides is 2. The molecule has 0 spiro atoms. The second-order valence-corrected chi connectivity index (χ2v) is 10.00. The summed E-state index contributed by atoms with van der Waals surface area (Å²) in [5.74, 6) is -0.308. The van der Waals surface area contributed by atoms with Crippen molar-refractivity contribution in [1.29, 1.82) is 0 Å². The first-order chi connectivity index (χ1) is 14.9. The summed E-state index contributed by atoms with van der Waals surface area (Å²) in [5.41, 5.74) is 1.59. The Kier molecular flexibility index (Phi) is 6.11. The minimum Gasteiger partial charge on any atom is -0.320 e. The maximum Gasteiger partial charge on any atom is 0.255 e. The number of carbonyl (C=O) groups excluding carboxylic acids is 2. The normalized spacial score (nSPS) is 20.1. The highest BCUT2D eigenvalue weighted by atomic mass is 32.2. The third-order valence-electron chi connectivity index (χ3n) is 5.98. The van der Waals surface area contributed by atoms with Crippen molar-refractivity contribution in [3.05, 3.63) is 54.1 Å². The van der Waals surface area contributed by atoms with Gasteiger partial charge >= 0.3 is 0 Å². The van der Waals surface area contributed by atoms with Gasteiger partial charge in [0, 0.05) is 31.1 Å². The van der Waals surface area contributed by atoms with Gasteiger partial charge in [-0.1, -0.05) is 18.6 Å². The maximum absolute atomic E-state index is 13.0. The maximum atomic E-state index is 13.0. The third kappa shape index (κ3) is 4.36. The average Bonchev–Trinajstić information content (AvgIpc) is 3.20. The Hall–Kier alpha value is -2.71. The predicted molar refractivity (Wildman–Crippen MR) is 120 cm³/mol. The Morgan fingerprint density at radius 1 is 1.00 bits per heavy atom.